The van der Waals surface area contributed by atoms with Gasteiger partial charge >= 0.3 is 5.97 Å². The number of anilines is 2. The van der Waals surface area contributed by atoms with Gasteiger partial charge < -0.3 is 14.9 Å². The molecule has 0 aliphatic carbocycles. The summed E-state index contributed by atoms with van der Waals surface area (Å²) < 4.78 is 24.6. The van der Waals surface area contributed by atoms with Crippen molar-refractivity contribution >= 4 is 50.0 Å². The van der Waals surface area contributed by atoms with Gasteiger partial charge in [-0.05, 0) is 55.0 Å². The molecule has 5 rings (SSSR count). The van der Waals surface area contributed by atoms with E-state index in [1.165, 1.54) is 17.3 Å². The van der Waals surface area contributed by atoms with Crippen molar-refractivity contribution in [3.8, 4) is 0 Å². The number of carbonyl (C=O) groups excluding carboxylic acids is 1. The Morgan fingerprint density at radius 2 is 1.62 bits per heavy atom. The Bertz CT molecular complexity index is 1270. The summed E-state index contributed by atoms with van der Waals surface area (Å²) in [5.74, 6) is -0.806. The van der Waals surface area contributed by atoms with Gasteiger partial charge in [0.25, 0.3) is 0 Å². The second-order valence-corrected chi connectivity index (χ2v) is 13.3. The minimum atomic E-state index is -3.16. The van der Waals surface area contributed by atoms with Gasteiger partial charge in [0.1, 0.15) is 0 Å². The summed E-state index contributed by atoms with van der Waals surface area (Å²) in [5, 5.41) is 9.13. The van der Waals surface area contributed by atoms with Gasteiger partial charge in [0, 0.05) is 36.1 Å². The Morgan fingerprint density at radius 1 is 0.946 bits per heavy atom. The highest BCUT2D eigenvalue weighted by Crippen LogP contribution is 2.41. The largest absolute Gasteiger partial charge is 0.481 e. The second-order valence-electron chi connectivity index (χ2n) is 9.99. The maximum atomic E-state index is 12.3. The third kappa shape index (κ3) is 6.18. The van der Waals surface area contributed by atoms with E-state index in [-0.39, 0.29) is 35.6 Å². The summed E-state index contributed by atoms with van der Waals surface area (Å²) in [5.41, 5.74) is 3.31. The molecule has 3 heterocycles. The van der Waals surface area contributed by atoms with E-state index in [0.717, 1.165) is 43.7 Å². The van der Waals surface area contributed by atoms with E-state index in [2.05, 4.69) is 52.4 Å². The summed E-state index contributed by atoms with van der Waals surface area (Å²) >= 11 is 1.30. The van der Waals surface area contributed by atoms with E-state index in [1.807, 2.05) is 17.0 Å². The number of aliphatic carboxylic acids is 1. The van der Waals surface area contributed by atoms with Gasteiger partial charge in [-0.3, -0.25) is 9.59 Å². The first-order chi connectivity index (χ1) is 17.8. The molecule has 10 heteroatoms. The smallest absolute Gasteiger partial charge is 0.303 e. The summed E-state index contributed by atoms with van der Waals surface area (Å²) in [6.45, 7) is 1.98. The first-order valence-electron chi connectivity index (χ1n) is 12.7. The number of amides is 1. The zero-order chi connectivity index (χ0) is 26.0. The first-order valence-corrected chi connectivity index (χ1v) is 15.4. The van der Waals surface area contributed by atoms with Gasteiger partial charge in [0.15, 0.2) is 15.0 Å². The lowest BCUT2D eigenvalue weighted by molar-refractivity contribution is -0.138. The Morgan fingerprint density at radius 3 is 2.30 bits per heavy atom. The van der Waals surface area contributed by atoms with Crippen LogP contribution in [-0.2, 0) is 25.8 Å². The van der Waals surface area contributed by atoms with Crippen molar-refractivity contribution in [2.24, 2.45) is 10.9 Å². The quantitative estimate of drug-likeness (QED) is 0.567. The number of sulfone groups is 1. The standard InChI is InChI=1S/C27H31N3O5S2/c31-25(10-11-26(32)33)28-27-30(23-17-37(34,35)18-24(23)36-27)22-8-6-21(7-9-22)29-14-12-20(13-15-29)16-19-4-2-1-3-5-19/h1-9,20,23-24H,10-18H2,(H,32,33)/t23-,24+/m0/s1. The number of carboxylic acids is 1. The number of hydrogen-bond donors (Lipinski definition) is 1. The van der Waals surface area contributed by atoms with Gasteiger partial charge in [-0.1, -0.05) is 42.1 Å². The van der Waals surface area contributed by atoms with Crippen molar-refractivity contribution in [1.29, 1.82) is 0 Å². The number of piperidine rings is 1. The second kappa shape index (κ2) is 10.9. The monoisotopic (exact) mass is 541 g/mol. The lowest BCUT2D eigenvalue weighted by Gasteiger charge is -2.34. The van der Waals surface area contributed by atoms with Crippen LogP contribution in [0.25, 0.3) is 0 Å². The third-order valence-corrected chi connectivity index (χ3v) is 10.5. The van der Waals surface area contributed by atoms with E-state index in [0.29, 0.717) is 11.1 Å². The Labute approximate surface area is 221 Å². The third-order valence-electron chi connectivity index (χ3n) is 7.31. The van der Waals surface area contributed by atoms with Crippen molar-refractivity contribution in [2.75, 3.05) is 34.4 Å². The highest BCUT2D eigenvalue weighted by atomic mass is 32.2. The van der Waals surface area contributed by atoms with Crippen LogP contribution < -0.4 is 9.80 Å². The maximum Gasteiger partial charge on any atom is 0.303 e. The minimum Gasteiger partial charge on any atom is -0.481 e. The van der Waals surface area contributed by atoms with Crippen LogP contribution in [0, 0.1) is 5.92 Å². The average molecular weight is 542 g/mol. The van der Waals surface area contributed by atoms with E-state index < -0.39 is 21.7 Å². The Balaban J connectivity index is 1.28. The van der Waals surface area contributed by atoms with Crippen LogP contribution >= 0.6 is 11.8 Å². The molecule has 3 aliphatic rings. The molecule has 0 saturated carbocycles. The average Bonchev–Trinajstić information content (AvgIpc) is 3.34. The molecule has 1 amide bonds. The minimum absolute atomic E-state index is 0.0175. The van der Waals surface area contributed by atoms with Crippen LogP contribution in [0.4, 0.5) is 11.4 Å². The predicted molar refractivity (Wildman–Crippen MR) is 147 cm³/mol. The zero-order valence-corrected chi connectivity index (χ0v) is 22.2. The molecule has 8 nitrogen and oxygen atoms in total. The molecule has 0 spiro atoms. The van der Waals surface area contributed by atoms with Gasteiger partial charge in [0.05, 0.1) is 24.0 Å². The highest BCUT2D eigenvalue weighted by molar-refractivity contribution is 8.16. The molecule has 0 bridgehead atoms. The topological polar surface area (TPSA) is 107 Å². The summed E-state index contributed by atoms with van der Waals surface area (Å²) in [6.07, 6.45) is 2.92. The highest BCUT2D eigenvalue weighted by Gasteiger charge is 2.49. The summed E-state index contributed by atoms with van der Waals surface area (Å²) in [7, 11) is -3.16. The number of fused-ring (bicyclic) bond motifs is 1. The molecule has 2 atom stereocenters. The molecule has 2 aromatic carbocycles. The normalized spacial score (nSPS) is 24.4. The van der Waals surface area contributed by atoms with Crippen LogP contribution in [0.3, 0.4) is 0 Å². The van der Waals surface area contributed by atoms with E-state index in [9.17, 15) is 18.0 Å². The lowest BCUT2D eigenvalue weighted by atomic mass is 9.90. The Kier molecular flexibility index (Phi) is 7.57. The number of hydrogen-bond acceptors (Lipinski definition) is 6. The van der Waals surface area contributed by atoms with Gasteiger partial charge in [-0.2, -0.15) is 4.99 Å². The number of aliphatic imine (C=N–C) groups is 1. The molecule has 0 aromatic heterocycles. The first kappa shape index (κ1) is 25.8. The van der Waals surface area contributed by atoms with Crippen LogP contribution in [0.5, 0.6) is 0 Å². The van der Waals surface area contributed by atoms with E-state index in [4.69, 9.17) is 5.11 Å². The predicted octanol–water partition coefficient (Wildman–Crippen LogP) is 3.61. The van der Waals surface area contributed by atoms with Crippen LogP contribution in [0.1, 0.15) is 31.2 Å². The van der Waals surface area contributed by atoms with Crippen LogP contribution in [0.15, 0.2) is 59.6 Å². The molecular formula is C27H31N3O5S2. The van der Waals surface area contributed by atoms with E-state index in [1.54, 1.807) is 0 Å². The lowest BCUT2D eigenvalue weighted by Crippen LogP contribution is -2.38. The summed E-state index contributed by atoms with van der Waals surface area (Å²) in [4.78, 5) is 31.6. The number of benzene rings is 2. The number of amidine groups is 1. The number of carbonyl (C=O) groups is 2. The molecule has 0 unspecified atom stereocenters. The van der Waals surface area contributed by atoms with Crippen LogP contribution in [-0.4, -0.2) is 66.5 Å². The molecule has 2 aromatic rings. The fourth-order valence-electron chi connectivity index (χ4n) is 5.41. The van der Waals surface area contributed by atoms with Gasteiger partial charge in [-0.25, -0.2) is 8.42 Å². The number of carboxylic acid groups (broad SMARTS) is 1. The molecule has 3 aliphatic heterocycles. The van der Waals surface area contributed by atoms with Crippen molar-refractivity contribution in [3.63, 3.8) is 0 Å². The molecule has 196 valence electrons. The number of thioether (sulfide) groups is 1. The van der Waals surface area contributed by atoms with Crippen molar-refractivity contribution in [1.82, 2.24) is 0 Å². The fraction of sp³-hybridized carbons (Fsp3) is 0.444. The van der Waals surface area contributed by atoms with Crippen molar-refractivity contribution in [3.05, 3.63) is 60.2 Å². The number of nitrogens with zero attached hydrogens (tertiary/aromatic N) is 3. The molecule has 37 heavy (non-hydrogen) atoms. The molecule has 0 radical (unpaired) electrons. The summed E-state index contributed by atoms with van der Waals surface area (Å²) in [6, 6.07) is 18.4. The van der Waals surface area contributed by atoms with Gasteiger partial charge in [-0.15, -0.1) is 0 Å². The molecule has 3 fully saturated rings. The van der Waals surface area contributed by atoms with E-state index >= 15 is 0 Å². The van der Waals surface area contributed by atoms with Crippen LogP contribution in [0.2, 0.25) is 0 Å². The fourth-order valence-corrected chi connectivity index (χ4v) is 9.34. The molecule has 1 N–H and O–H groups in total. The molecule has 3 saturated heterocycles. The molecular weight excluding hydrogens is 510 g/mol. The maximum absolute atomic E-state index is 12.3. The number of rotatable bonds is 7. The zero-order valence-electron chi connectivity index (χ0n) is 20.5. The van der Waals surface area contributed by atoms with Crippen molar-refractivity contribution in [2.45, 2.75) is 43.4 Å². The SMILES string of the molecule is O=C(O)CCC(=O)N=C1S[C@@H]2CS(=O)(=O)C[C@@H]2N1c1ccc(N2CCC(Cc3ccccc3)CC2)cc1. The Hall–Kier alpha value is -2.85. The van der Waals surface area contributed by atoms with Gasteiger partial charge in [0.2, 0.25) is 5.91 Å². The van der Waals surface area contributed by atoms with Crippen molar-refractivity contribution < 1.29 is 23.1 Å².